The van der Waals surface area contributed by atoms with Crippen LogP contribution in [0.3, 0.4) is 0 Å². The van der Waals surface area contributed by atoms with Crippen molar-refractivity contribution in [3.8, 4) is 0 Å². The van der Waals surface area contributed by atoms with Gasteiger partial charge in [-0.1, -0.05) is 12.8 Å². The van der Waals surface area contributed by atoms with Gasteiger partial charge in [0, 0.05) is 0 Å². The molecule has 7 nitrogen and oxygen atoms in total. The van der Waals surface area contributed by atoms with Crippen molar-refractivity contribution in [2.24, 2.45) is 9.98 Å². The average Bonchev–Trinajstić information content (AvgIpc) is 2.41. The number of aliphatic hydroxyl groups is 3. The Hall–Kier alpha value is -1.36. The summed E-state index contributed by atoms with van der Waals surface area (Å²) in [6.45, 7) is 0.383. The Balaban J connectivity index is 0. The molecule has 0 atom stereocenters. The number of isocyanates is 2. The molecule has 0 saturated heterocycles. The van der Waals surface area contributed by atoms with Crippen molar-refractivity contribution >= 4 is 12.2 Å². The van der Waals surface area contributed by atoms with Crippen molar-refractivity contribution in [3.05, 3.63) is 0 Å². The van der Waals surface area contributed by atoms with E-state index in [-0.39, 0.29) is 13.2 Å². The van der Waals surface area contributed by atoms with Gasteiger partial charge in [-0.3, -0.25) is 0 Å². The van der Waals surface area contributed by atoms with Crippen LogP contribution in [0.4, 0.5) is 0 Å². The first-order chi connectivity index (χ1) is 8.72. The van der Waals surface area contributed by atoms with Gasteiger partial charge in [0.05, 0.1) is 26.3 Å². The summed E-state index contributed by atoms with van der Waals surface area (Å²) in [7, 11) is 0. The molecule has 0 saturated carbocycles. The molecule has 0 bridgehead atoms. The van der Waals surface area contributed by atoms with Crippen LogP contribution >= 0.6 is 0 Å². The first-order valence-electron chi connectivity index (χ1n) is 5.70. The SMILES string of the molecule is O=C=NCCCCCCN=C=O.OCC(O)CO. The fraction of sp³-hybridized carbons (Fsp3) is 0.818. The zero-order chi connectivity index (χ0) is 14.1. The van der Waals surface area contributed by atoms with E-state index in [9.17, 15) is 9.59 Å². The monoisotopic (exact) mass is 260 g/mol. The molecule has 0 rings (SSSR count). The minimum absolute atomic E-state index is 0.365. The third kappa shape index (κ3) is 20.1. The summed E-state index contributed by atoms with van der Waals surface area (Å²) in [6, 6.07) is 0. The van der Waals surface area contributed by atoms with E-state index in [2.05, 4.69) is 9.98 Å². The summed E-state index contributed by atoms with van der Waals surface area (Å²) in [6.07, 6.45) is 5.85. The van der Waals surface area contributed by atoms with E-state index in [1.165, 1.54) is 12.2 Å². The molecule has 0 aromatic carbocycles. The maximum absolute atomic E-state index is 9.63. The number of nitrogens with zero attached hydrogens (tertiary/aromatic N) is 2. The maximum atomic E-state index is 9.63. The molecule has 0 spiro atoms. The highest BCUT2D eigenvalue weighted by atomic mass is 16.3. The van der Waals surface area contributed by atoms with E-state index in [1.807, 2.05) is 0 Å². The predicted molar refractivity (Wildman–Crippen MR) is 64.6 cm³/mol. The standard InChI is InChI=1S/C8H12N2O2.C3H8O3/c11-7-9-5-3-1-2-4-6-10-8-12;4-1-3(6)2-5/h1-6H2;3-6H,1-2H2. The van der Waals surface area contributed by atoms with E-state index in [4.69, 9.17) is 15.3 Å². The van der Waals surface area contributed by atoms with Gasteiger partial charge >= 0.3 is 0 Å². The molecule has 0 aliphatic carbocycles. The Morgan fingerprint density at radius 2 is 1.22 bits per heavy atom. The van der Waals surface area contributed by atoms with Crippen molar-refractivity contribution in [2.45, 2.75) is 31.8 Å². The number of rotatable bonds is 9. The number of aliphatic imine (C=N–C) groups is 2. The van der Waals surface area contributed by atoms with E-state index in [0.717, 1.165) is 25.7 Å². The Morgan fingerprint density at radius 1 is 0.833 bits per heavy atom. The number of aliphatic hydroxyl groups excluding tert-OH is 3. The molecule has 0 heterocycles. The Bertz CT molecular complexity index is 234. The molecule has 0 aromatic rings. The molecule has 0 amide bonds. The van der Waals surface area contributed by atoms with E-state index in [1.54, 1.807) is 0 Å². The Morgan fingerprint density at radius 3 is 1.44 bits per heavy atom. The summed E-state index contributed by atoms with van der Waals surface area (Å²) in [5.74, 6) is 0. The molecule has 7 heteroatoms. The maximum Gasteiger partial charge on any atom is 0.234 e. The summed E-state index contributed by atoms with van der Waals surface area (Å²) in [5, 5.41) is 24.0. The van der Waals surface area contributed by atoms with Crippen molar-refractivity contribution < 1.29 is 24.9 Å². The van der Waals surface area contributed by atoms with Crippen LogP contribution < -0.4 is 0 Å². The lowest BCUT2D eigenvalue weighted by Crippen LogP contribution is -2.15. The molecule has 104 valence electrons. The van der Waals surface area contributed by atoms with E-state index >= 15 is 0 Å². The van der Waals surface area contributed by atoms with Gasteiger partial charge in [-0.15, -0.1) is 0 Å². The highest BCUT2D eigenvalue weighted by Gasteiger charge is 1.93. The van der Waals surface area contributed by atoms with Gasteiger partial charge in [0.2, 0.25) is 12.2 Å². The Kier molecular flexibility index (Phi) is 19.0. The molecule has 18 heavy (non-hydrogen) atoms. The van der Waals surface area contributed by atoms with Gasteiger partial charge in [0.1, 0.15) is 6.10 Å². The van der Waals surface area contributed by atoms with E-state index < -0.39 is 6.10 Å². The second kappa shape index (κ2) is 18.0. The lowest BCUT2D eigenvalue weighted by Gasteiger charge is -1.96. The molecule has 0 radical (unpaired) electrons. The van der Waals surface area contributed by atoms with Gasteiger partial charge in [0.25, 0.3) is 0 Å². The van der Waals surface area contributed by atoms with Crippen LogP contribution in [0, 0.1) is 0 Å². The first kappa shape index (κ1) is 19.0. The largest absolute Gasteiger partial charge is 0.394 e. The van der Waals surface area contributed by atoms with Crippen LogP contribution in [0.25, 0.3) is 0 Å². The van der Waals surface area contributed by atoms with Gasteiger partial charge in [-0.2, -0.15) is 0 Å². The Labute approximate surface area is 106 Å². The predicted octanol–water partition coefficient (Wildman–Crippen LogP) is -0.450. The van der Waals surface area contributed by atoms with Gasteiger partial charge in [0.15, 0.2) is 0 Å². The lowest BCUT2D eigenvalue weighted by molar-refractivity contribution is 0.0450. The van der Waals surface area contributed by atoms with Crippen molar-refractivity contribution in [3.63, 3.8) is 0 Å². The average molecular weight is 260 g/mol. The molecule has 0 aliphatic heterocycles. The highest BCUT2D eigenvalue weighted by Crippen LogP contribution is 1.99. The third-order valence-corrected chi connectivity index (χ3v) is 1.84. The quantitative estimate of drug-likeness (QED) is 0.294. The number of carbonyl (C=O) groups excluding carboxylic acids is 2. The number of unbranched alkanes of at least 4 members (excludes halogenated alkanes) is 3. The smallest absolute Gasteiger partial charge is 0.234 e. The summed E-state index contributed by atoms with van der Waals surface area (Å²) < 4.78 is 0. The minimum Gasteiger partial charge on any atom is -0.394 e. The second-order valence-corrected chi connectivity index (χ2v) is 3.38. The van der Waals surface area contributed by atoms with Gasteiger partial charge in [-0.25, -0.2) is 19.6 Å². The lowest BCUT2D eigenvalue weighted by atomic mass is 10.2. The molecule has 3 N–H and O–H groups in total. The van der Waals surface area contributed by atoms with Crippen LogP contribution in [-0.2, 0) is 9.59 Å². The zero-order valence-corrected chi connectivity index (χ0v) is 10.3. The van der Waals surface area contributed by atoms with Crippen LogP contribution in [0.5, 0.6) is 0 Å². The fourth-order valence-corrected chi connectivity index (χ4v) is 0.884. The normalized spacial score (nSPS) is 8.89. The van der Waals surface area contributed by atoms with Crippen LogP contribution in [-0.4, -0.2) is 59.9 Å². The summed E-state index contributed by atoms with van der Waals surface area (Å²) >= 11 is 0. The molecule has 0 aliphatic rings. The van der Waals surface area contributed by atoms with E-state index in [0.29, 0.717) is 13.1 Å². The van der Waals surface area contributed by atoms with Crippen LogP contribution in [0.2, 0.25) is 0 Å². The minimum atomic E-state index is -0.954. The number of hydrogen-bond acceptors (Lipinski definition) is 7. The van der Waals surface area contributed by atoms with Crippen molar-refractivity contribution in [1.82, 2.24) is 0 Å². The van der Waals surface area contributed by atoms with Gasteiger partial charge < -0.3 is 15.3 Å². The first-order valence-corrected chi connectivity index (χ1v) is 5.70. The molecular weight excluding hydrogens is 240 g/mol. The van der Waals surface area contributed by atoms with Crippen molar-refractivity contribution in [2.75, 3.05) is 26.3 Å². The fourth-order valence-electron chi connectivity index (χ4n) is 0.884. The third-order valence-electron chi connectivity index (χ3n) is 1.84. The number of hydrogen-bond donors (Lipinski definition) is 3. The molecular formula is C11H20N2O5. The second-order valence-electron chi connectivity index (χ2n) is 3.38. The summed E-state index contributed by atoms with van der Waals surface area (Å²) in [5.41, 5.74) is 0. The topological polar surface area (TPSA) is 120 Å². The highest BCUT2D eigenvalue weighted by molar-refractivity contribution is 5.32. The van der Waals surface area contributed by atoms with Crippen molar-refractivity contribution in [1.29, 1.82) is 0 Å². The van der Waals surface area contributed by atoms with Crippen LogP contribution in [0.1, 0.15) is 25.7 Å². The summed E-state index contributed by atoms with van der Waals surface area (Å²) in [4.78, 5) is 26.1. The zero-order valence-electron chi connectivity index (χ0n) is 10.3. The molecule has 0 unspecified atom stereocenters. The molecule has 0 fully saturated rings. The van der Waals surface area contributed by atoms with Crippen LogP contribution in [0.15, 0.2) is 9.98 Å². The molecule has 0 aromatic heterocycles. The van der Waals surface area contributed by atoms with Gasteiger partial charge in [-0.05, 0) is 12.8 Å².